The second-order valence-corrected chi connectivity index (χ2v) is 7.74. The molecule has 140 valence electrons. The first-order chi connectivity index (χ1) is 13.2. The zero-order valence-electron chi connectivity index (χ0n) is 15.6. The van der Waals surface area contributed by atoms with Crippen molar-refractivity contribution in [2.24, 2.45) is 0 Å². The van der Waals surface area contributed by atoms with Crippen LogP contribution in [0.15, 0.2) is 54.6 Å². The van der Waals surface area contributed by atoms with Crippen LogP contribution in [-0.4, -0.2) is 24.9 Å². The number of hydrogen-bond acceptors (Lipinski definition) is 2. The van der Waals surface area contributed by atoms with Crippen LogP contribution in [-0.2, 0) is 10.2 Å². The van der Waals surface area contributed by atoms with E-state index in [4.69, 9.17) is 0 Å². The number of hydrogen-bond donors (Lipinski definition) is 1. The molecule has 0 radical (unpaired) electrons. The molecule has 4 rings (SSSR count). The average molecular weight is 362 g/mol. The number of anilines is 1. The first-order valence-electron chi connectivity index (χ1n) is 9.92. The highest BCUT2D eigenvalue weighted by molar-refractivity contribution is 5.99. The van der Waals surface area contributed by atoms with E-state index in [1.807, 2.05) is 30.3 Å². The largest absolute Gasteiger partial charge is 0.351 e. The Hall–Kier alpha value is -2.62. The number of benzene rings is 2. The van der Waals surface area contributed by atoms with Crippen LogP contribution >= 0.6 is 0 Å². The van der Waals surface area contributed by atoms with Crippen LogP contribution in [0.3, 0.4) is 0 Å². The molecule has 2 aromatic carbocycles. The molecule has 0 unspecified atom stereocenters. The fourth-order valence-corrected chi connectivity index (χ4v) is 4.50. The molecule has 2 aromatic rings. The van der Waals surface area contributed by atoms with Gasteiger partial charge in [-0.25, -0.2) is 0 Å². The maximum absolute atomic E-state index is 12.8. The summed E-state index contributed by atoms with van der Waals surface area (Å²) >= 11 is 0. The summed E-state index contributed by atoms with van der Waals surface area (Å²) in [5.74, 6) is 0.0762. The van der Waals surface area contributed by atoms with Crippen LogP contribution in [0.4, 0.5) is 5.69 Å². The molecule has 1 aliphatic heterocycles. The lowest BCUT2D eigenvalue weighted by Gasteiger charge is -2.30. The Labute approximate surface area is 160 Å². The molecule has 1 aliphatic carbocycles. The number of carbonyl (C=O) groups excluding carboxylic acids is 2. The summed E-state index contributed by atoms with van der Waals surface area (Å²) in [5.41, 5.74) is 2.80. The Morgan fingerprint density at radius 1 is 1.00 bits per heavy atom. The van der Waals surface area contributed by atoms with Crippen molar-refractivity contribution in [2.75, 3.05) is 18.0 Å². The molecule has 27 heavy (non-hydrogen) atoms. The Balaban J connectivity index is 1.48. The van der Waals surface area contributed by atoms with Gasteiger partial charge in [0.2, 0.25) is 5.91 Å². The lowest BCUT2D eigenvalue weighted by molar-refractivity contribution is -0.117. The first-order valence-corrected chi connectivity index (χ1v) is 9.92. The minimum atomic E-state index is -0.0642. The van der Waals surface area contributed by atoms with Gasteiger partial charge in [-0.1, -0.05) is 49.2 Å². The van der Waals surface area contributed by atoms with Crippen LogP contribution in [0, 0.1) is 0 Å². The van der Waals surface area contributed by atoms with Gasteiger partial charge in [-0.3, -0.25) is 9.59 Å². The molecular formula is C23H26N2O2. The highest BCUT2D eigenvalue weighted by Gasteiger charge is 2.35. The Morgan fingerprint density at radius 3 is 2.48 bits per heavy atom. The molecule has 2 fully saturated rings. The van der Waals surface area contributed by atoms with Crippen molar-refractivity contribution in [3.8, 4) is 0 Å². The molecule has 4 heteroatoms. The molecule has 1 saturated carbocycles. The van der Waals surface area contributed by atoms with Crippen molar-refractivity contribution >= 4 is 17.5 Å². The van der Waals surface area contributed by atoms with Gasteiger partial charge in [0.1, 0.15) is 0 Å². The first kappa shape index (κ1) is 17.8. The van der Waals surface area contributed by atoms with Crippen molar-refractivity contribution in [3.05, 3.63) is 65.7 Å². The van der Waals surface area contributed by atoms with E-state index in [-0.39, 0.29) is 17.2 Å². The van der Waals surface area contributed by atoms with Crippen molar-refractivity contribution in [1.82, 2.24) is 5.32 Å². The summed E-state index contributed by atoms with van der Waals surface area (Å²) in [6.45, 7) is 1.39. The summed E-state index contributed by atoms with van der Waals surface area (Å²) in [7, 11) is 0. The van der Waals surface area contributed by atoms with Crippen molar-refractivity contribution in [3.63, 3.8) is 0 Å². The molecule has 2 aliphatic rings. The normalized spacial score (nSPS) is 18.7. The summed E-state index contributed by atoms with van der Waals surface area (Å²) in [6, 6.07) is 18.0. The Morgan fingerprint density at radius 2 is 1.78 bits per heavy atom. The van der Waals surface area contributed by atoms with E-state index >= 15 is 0 Å². The van der Waals surface area contributed by atoms with E-state index in [1.165, 1.54) is 18.4 Å². The topological polar surface area (TPSA) is 49.4 Å². The molecule has 1 N–H and O–H groups in total. The second kappa shape index (κ2) is 7.55. The van der Waals surface area contributed by atoms with Crippen LogP contribution < -0.4 is 10.2 Å². The zero-order chi connectivity index (χ0) is 18.7. The number of nitrogens with zero attached hydrogens (tertiary/aromatic N) is 1. The smallest absolute Gasteiger partial charge is 0.251 e. The van der Waals surface area contributed by atoms with Crippen LogP contribution in [0.25, 0.3) is 0 Å². The van der Waals surface area contributed by atoms with E-state index in [0.717, 1.165) is 31.5 Å². The predicted molar refractivity (Wildman–Crippen MR) is 107 cm³/mol. The maximum atomic E-state index is 12.8. The van der Waals surface area contributed by atoms with Gasteiger partial charge in [0.25, 0.3) is 5.91 Å². The van der Waals surface area contributed by atoms with Crippen molar-refractivity contribution in [1.29, 1.82) is 0 Å². The van der Waals surface area contributed by atoms with Crippen LogP contribution in [0.1, 0.15) is 54.4 Å². The third-order valence-corrected chi connectivity index (χ3v) is 6.03. The Bertz CT molecular complexity index is 825. The molecule has 0 bridgehead atoms. The van der Waals surface area contributed by atoms with Gasteiger partial charge in [-0.2, -0.15) is 0 Å². The average Bonchev–Trinajstić information content (AvgIpc) is 3.37. The SMILES string of the molecule is O=C(NCC1(c2ccccc2)CCCC1)c1cccc(N2CCCC2=O)c1. The molecule has 1 heterocycles. The third kappa shape index (κ3) is 3.61. The fraction of sp³-hybridized carbons (Fsp3) is 0.391. The standard InChI is InChI=1S/C23H26N2O2/c26-21-12-7-15-25(21)20-11-6-8-18(16-20)22(27)24-17-23(13-4-5-14-23)19-9-2-1-3-10-19/h1-3,6,8-11,16H,4-5,7,12-15,17H2,(H,24,27). The zero-order valence-corrected chi connectivity index (χ0v) is 15.6. The summed E-state index contributed by atoms with van der Waals surface area (Å²) < 4.78 is 0. The highest BCUT2D eigenvalue weighted by Crippen LogP contribution is 2.40. The van der Waals surface area contributed by atoms with Gasteiger partial charge in [0.15, 0.2) is 0 Å². The highest BCUT2D eigenvalue weighted by atomic mass is 16.2. The van der Waals surface area contributed by atoms with E-state index < -0.39 is 0 Å². The molecule has 0 atom stereocenters. The second-order valence-electron chi connectivity index (χ2n) is 7.74. The van der Waals surface area contributed by atoms with Crippen LogP contribution in [0.5, 0.6) is 0 Å². The number of rotatable bonds is 5. The van der Waals surface area contributed by atoms with E-state index in [9.17, 15) is 9.59 Å². The summed E-state index contributed by atoms with van der Waals surface area (Å²) in [6.07, 6.45) is 6.11. The van der Waals surface area contributed by atoms with Crippen molar-refractivity contribution < 1.29 is 9.59 Å². The molecule has 1 saturated heterocycles. The maximum Gasteiger partial charge on any atom is 0.251 e. The number of carbonyl (C=O) groups is 2. The molecule has 0 aromatic heterocycles. The fourth-order valence-electron chi connectivity index (χ4n) is 4.50. The molecule has 0 spiro atoms. The molecule has 2 amide bonds. The van der Waals surface area contributed by atoms with Gasteiger partial charge in [-0.05, 0) is 43.0 Å². The monoisotopic (exact) mass is 362 g/mol. The van der Waals surface area contributed by atoms with Gasteiger partial charge in [0.05, 0.1) is 0 Å². The van der Waals surface area contributed by atoms with E-state index in [2.05, 4.69) is 29.6 Å². The predicted octanol–water partition coefficient (Wildman–Crippen LogP) is 4.06. The third-order valence-electron chi connectivity index (χ3n) is 6.03. The summed E-state index contributed by atoms with van der Waals surface area (Å²) in [5, 5.41) is 3.17. The van der Waals surface area contributed by atoms with Gasteiger partial charge in [-0.15, -0.1) is 0 Å². The van der Waals surface area contributed by atoms with Gasteiger partial charge < -0.3 is 10.2 Å². The van der Waals surface area contributed by atoms with E-state index in [0.29, 0.717) is 18.5 Å². The van der Waals surface area contributed by atoms with Gasteiger partial charge >= 0.3 is 0 Å². The lowest BCUT2D eigenvalue weighted by Crippen LogP contribution is -2.39. The number of nitrogens with one attached hydrogen (secondary N) is 1. The number of amides is 2. The van der Waals surface area contributed by atoms with E-state index in [1.54, 1.807) is 4.90 Å². The quantitative estimate of drug-likeness (QED) is 0.872. The van der Waals surface area contributed by atoms with Crippen LogP contribution in [0.2, 0.25) is 0 Å². The Kier molecular flexibility index (Phi) is 4.97. The minimum absolute atomic E-state index is 0.0411. The lowest BCUT2D eigenvalue weighted by atomic mass is 9.79. The van der Waals surface area contributed by atoms with Gasteiger partial charge in [0, 0.05) is 36.2 Å². The minimum Gasteiger partial charge on any atom is -0.351 e. The molecule has 4 nitrogen and oxygen atoms in total. The summed E-state index contributed by atoms with van der Waals surface area (Å²) in [4.78, 5) is 26.6. The molecular weight excluding hydrogens is 336 g/mol. The van der Waals surface area contributed by atoms with Crippen molar-refractivity contribution in [2.45, 2.75) is 43.9 Å².